The predicted octanol–water partition coefficient (Wildman–Crippen LogP) is 3.73. The fourth-order valence-corrected chi connectivity index (χ4v) is 3.91. The summed E-state index contributed by atoms with van der Waals surface area (Å²) in [7, 11) is 0. The maximum atomic E-state index is 13.9. The number of aromatic nitrogens is 1. The normalized spacial score (nSPS) is 18.5. The highest BCUT2D eigenvalue weighted by atomic mass is 79.9. The summed E-state index contributed by atoms with van der Waals surface area (Å²) in [5.74, 6) is -1.73. The van der Waals surface area contributed by atoms with Gasteiger partial charge in [-0.25, -0.2) is 9.18 Å². The Kier molecular flexibility index (Phi) is 3.18. The molecule has 7 heteroatoms. The summed E-state index contributed by atoms with van der Waals surface area (Å²) < 4.78 is 14.2. The average molecular weight is 391 g/mol. The summed E-state index contributed by atoms with van der Waals surface area (Å²) in [5, 5.41) is 12.1. The Hall–Kier alpha value is -2.41. The largest absolute Gasteiger partial charge is 0.478 e. The van der Waals surface area contributed by atoms with Gasteiger partial charge in [-0.3, -0.25) is 4.79 Å². The van der Waals surface area contributed by atoms with E-state index in [4.69, 9.17) is 0 Å². The van der Waals surface area contributed by atoms with Crippen LogP contribution in [-0.4, -0.2) is 22.0 Å². The SMILES string of the molecule is Cc1[nH]c2c(c1C(=O)O)CC/C2=C1/C(=O)Nc2cc(Br)c(F)cc21. The monoisotopic (exact) mass is 390 g/mol. The van der Waals surface area contributed by atoms with Crippen LogP contribution in [0.1, 0.15) is 39.3 Å². The molecule has 0 saturated carbocycles. The van der Waals surface area contributed by atoms with Crippen LogP contribution in [0.3, 0.4) is 0 Å². The highest BCUT2D eigenvalue weighted by Gasteiger charge is 2.34. The van der Waals surface area contributed by atoms with Crippen LogP contribution in [-0.2, 0) is 11.2 Å². The van der Waals surface area contributed by atoms with Crippen molar-refractivity contribution >= 4 is 44.6 Å². The van der Waals surface area contributed by atoms with Gasteiger partial charge in [0, 0.05) is 17.0 Å². The molecule has 24 heavy (non-hydrogen) atoms. The number of hydrogen-bond acceptors (Lipinski definition) is 2. The number of carbonyl (C=O) groups excluding carboxylic acids is 1. The van der Waals surface area contributed by atoms with Crippen LogP contribution in [0.25, 0.3) is 11.1 Å². The second kappa shape index (κ2) is 5.04. The van der Waals surface area contributed by atoms with Gasteiger partial charge in [0.25, 0.3) is 5.91 Å². The first-order valence-electron chi connectivity index (χ1n) is 7.37. The van der Waals surface area contributed by atoms with Crippen LogP contribution in [0, 0.1) is 12.7 Å². The average Bonchev–Trinajstić information content (AvgIpc) is 3.11. The lowest BCUT2D eigenvalue weighted by atomic mass is 9.99. The molecule has 1 aliphatic carbocycles. The molecule has 2 aromatic rings. The van der Waals surface area contributed by atoms with Gasteiger partial charge in [0.15, 0.2) is 0 Å². The lowest BCUT2D eigenvalue weighted by Gasteiger charge is -2.05. The molecule has 0 atom stereocenters. The van der Waals surface area contributed by atoms with Crippen molar-refractivity contribution in [2.24, 2.45) is 0 Å². The molecule has 1 aromatic carbocycles. The Labute approximate surface area is 144 Å². The van der Waals surface area contributed by atoms with Crippen LogP contribution in [0.5, 0.6) is 0 Å². The quantitative estimate of drug-likeness (QED) is 0.648. The lowest BCUT2D eigenvalue weighted by molar-refractivity contribution is -0.110. The zero-order valence-corrected chi connectivity index (χ0v) is 14.2. The zero-order valence-electron chi connectivity index (χ0n) is 12.6. The van der Waals surface area contributed by atoms with Gasteiger partial charge >= 0.3 is 5.97 Å². The molecule has 1 aliphatic heterocycles. The number of fused-ring (bicyclic) bond motifs is 2. The van der Waals surface area contributed by atoms with Gasteiger partial charge in [-0.2, -0.15) is 0 Å². The van der Waals surface area contributed by atoms with Crippen LogP contribution in [0.2, 0.25) is 0 Å². The van der Waals surface area contributed by atoms with Crippen molar-refractivity contribution in [1.82, 2.24) is 4.98 Å². The number of hydrogen-bond donors (Lipinski definition) is 3. The van der Waals surface area contributed by atoms with E-state index in [0.717, 1.165) is 5.57 Å². The second-order valence-corrected chi connectivity index (χ2v) is 6.76. The number of halogens is 2. The molecule has 0 spiro atoms. The molecule has 122 valence electrons. The molecule has 0 unspecified atom stereocenters. The number of rotatable bonds is 1. The van der Waals surface area contributed by atoms with Gasteiger partial charge in [0.05, 0.1) is 21.3 Å². The predicted molar refractivity (Wildman–Crippen MR) is 90.4 cm³/mol. The number of amides is 1. The van der Waals surface area contributed by atoms with Gasteiger partial charge in [0.1, 0.15) is 5.82 Å². The fourth-order valence-electron chi connectivity index (χ4n) is 3.56. The number of benzene rings is 1. The number of aromatic amines is 1. The Morgan fingerprint density at radius 1 is 1.33 bits per heavy atom. The molecule has 1 amide bonds. The lowest BCUT2D eigenvalue weighted by Crippen LogP contribution is -2.05. The van der Waals surface area contributed by atoms with E-state index >= 15 is 0 Å². The first-order chi connectivity index (χ1) is 11.4. The topological polar surface area (TPSA) is 82.2 Å². The molecule has 2 heterocycles. The Morgan fingerprint density at radius 3 is 2.79 bits per heavy atom. The molecular weight excluding hydrogens is 379 g/mol. The number of aromatic carboxylic acids is 1. The van der Waals surface area contributed by atoms with Crippen molar-refractivity contribution in [3.05, 3.63) is 50.5 Å². The molecule has 0 radical (unpaired) electrons. The van der Waals surface area contributed by atoms with Gasteiger partial charge < -0.3 is 15.4 Å². The van der Waals surface area contributed by atoms with Crippen LogP contribution in [0.15, 0.2) is 16.6 Å². The maximum absolute atomic E-state index is 13.9. The molecule has 4 rings (SSSR count). The third kappa shape index (κ3) is 1.97. The molecule has 1 aromatic heterocycles. The summed E-state index contributed by atoms with van der Waals surface area (Å²) in [4.78, 5) is 27.0. The molecule has 2 aliphatic rings. The third-order valence-corrected chi connectivity index (χ3v) is 5.15. The minimum atomic E-state index is -0.984. The van der Waals surface area contributed by atoms with Crippen LogP contribution in [0.4, 0.5) is 10.1 Å². The summed E-state index contributed by atoms with van der Waals surface area (Å²) in [6, 6.07) is 2.86. The second-order valence-electron chi connectivity index (χ2n) is 5.90. The fraction of sp³-hybridized carbons (Fsp3) is 0.176. The maximum Gasteiger partial charge on any atom is 0.337 e. The number of anilines is 1. The molecule has 5 nitrogen and oxygen atoms in total. The number of carboxylic acids is 1. The van der Waals surface area contributed by atoms with Crippen molar-refractivity contribution in [2.45, 2.75) is 19.8 Å². The highest BCUT2D eigenvalue weighted by molar-refractivity contribution is 9.10. The minimum Gasteiger partial charge on any atom is -0.478 e. The standard InChI is InChI=1S/C17H12BrFN2O3/c1-6-13(17(23)24)7-2-3-8(15(7)20-6)14-9-4-11(19)10(18)5-12(9)21-16(14)22/h4-5,20H,2-3H2,1H3,(H,21,22)(H,23,24)/b14-8-. The van der Waals surface area contributed by atoms with E-state index in [1.54, 1.807) is 6.92 Å². The Bertz CT molecular complexity index is 975. The van der Waals surface area contributed by atoms with E-state index in [1.165, 1.54) is 12.1 Å². The number of carboxylic acid groups (broad SMARTS) is 1. The van der Waals surface area contributed by atoms with E-state index in [9.17, 15) is 19.1 Å². The third-order valence-electron chi connectivity index (χ3n) is 4.54. The summed E-state index contributed by atoms with van der Waals surface area (Å²) in [5.41, 5.74) is 4.41. The summed E-state index contributed by atoms with van der Waals surface area (Å²) in [6.45, 7) is 1.70. The van der Waals surface area contributed by atoms with Crippen molar-refractivity contribution < 1.29 is 19.1 Å². The highest BCUT2D eigenvalue weighted by Crippen LogP contribution is 2.45. The van der Waals surface area contributed by atoms with Gasteiger partial charge in [0.2, 0.25) is 0 Å². The van der Waals surface area contributed by atoms with E-state index < -0.39 is 11.8 Å². The molecular formula is C17H12BrFN2O3. The molecule has 0 saturated heterocycles. The number of H-pyrrole nitrogens is 1. The smallest absolute Gasteiger partial charge is 0.337 e. The van der Waals surface area contributed by atoms with Gasteiger partial charge in [-0.1, -0.05) is 0 Å². The zero-order chi connectivity index (χ0) is 17.2. The van der Waals surface area contributed by atoms with Gasteiger partial charge in [-0.15, -0.1) is 0 Å². The molecule has 0 bridgehead atoms. The summed E-state index contributed by atoms with van der Waals surface area (Å²) in [6.07, 6.45) is 1.09. The number of aryl methyl sites for hydroxylation is 1. The van der Waals surface area contributed by atoms with E-state index in [0.29, 0.717) is 46.6 Å². The van der Waals surface area contributed by atoms with E-state index in [1.807, 2.05) is 0 Å². The first-order valence-corrected chi connectivity index (χ1v) is 8.16. The van der Waals surface area contributed by atoms with E-state index in [-0.39, 0.29) is 15.9 Å². The number of nitrogens with one attached hydrogen (secondary N) is 2. The number of allylic oxidation sites excluding steroid dienone is 1. The number of carbonyl (C=O) groups is 2. The van der Waals surface area contributed by atoms with Crippen LogP contribution >= 0.6 is 15.9 Å². The van der Waals surface area contributed by atoms with Crippen molar-refractivity contribution in [3.8, 4) is 0 Å². The van der Waals surface area contributed by atoms with Crippen molar-refractivity contribution in [1.29, 1.82) is 0 Å². The minimum absolute atomic E-state index is 0.265. The van der Waals surface area contributed by atoms with Crippen molar-refractivity contribution in [2.75, 3.05) is 5.32 Å². The Morgan fingerprint density at radius 2 is 2.08 bits per heavy atom. The molecule has 0 fully saturated rings. The Balaban J connectivity index is 1.96. The molecule has 3 N–H and O–H groups in total. The van der Waals surface area contributed by atoms with Crippen molar-refractivity contribution in [3.63, 3.8) is 0 Å². The van der Waals surface area contributed by atoms with Crippen LogP contribution < -0.4 is 5.32 Å². The van der Waals surface area contributed by atoms with E-state index in [2.05, 4.69) is 26.2 Å². The van der Waals surface area contributed by atoms with Gasteiger partial charge in [-0.05, 0) is 59.0 Å². The first kappa shape index (κ1) is 15.1. The summed E-state index contributed by atoms with van der Waals surface area (Å²) >= 11 is 3.11.